The van der Waals surface area contributed by atoms with Gasteiger partial charge < -0.3 is 9.80 Å². The van der Waals surface area contributed by atoms with Crippen molar-refractivity contribution in [3.63, 3.8) is 0 Å². The lowest BCUT2D eigenvalue weighted by Gasteiger charge is -2.43. The second-order valence-corrected chi connectivity index (χ2v) is 10.4. The van der Waals surface area contributed by atoms with Crippen molar-refractivity contribution >= 4 is 40.5 Å². The third-order valence-electron chi connectivity index (χ3n) is 7.76. The Balaban J connectivity index is 1.37. The molecular formula is C27H27F3N6O2S. The number of hydrogen-bond donors (Lipinski definition) is 0. The van der Waals surface area contributed by atoms with Gasteiger partial charge in [0.05, 0.1) is 17.4 Å². The number of pyridine rings is 1. The minimum absolute atomic E-state index is 0.0868. The third-order valence-corrected chi connectivity index (χ3v) is 8.13. The predicted octanol–water partition coefficient (Wildman–Crippen LogP) is 4.09. The molecule has 5 rings (SSSR count). The third kappa shape index (κ3) is 4.74. The zero-order valence-electron chi connectivity index (χ0n) is 21.4. The van der Waals surface area contributed by atoms with E-state index in [9.17, 15) is 22.8 Å². The van der Waals surface area contributed by atoms with Crippen LogP contribution in [0.4, 0.5) is 24.5 Å². The van der Waals surface area contributed by atoms with E-state index in [2.05, 4.69) is 9.88 Å². The number of carbonyl (C=O) groups is 2. The van der Waals surface area contributed by atoms with Gasteiger partial charge in [-0.1, -0.05) is 19.1 Å². The highest BCUT2D eigenvalue weighted by Gasteiger charge is 2.59. The second-order valence-electron chi connectivity index (χ2n) is 10.0. The van der Waals surface area contributed by atoms with Crippen LogP contribution in [0.3, 0.4) is 0 Å². The van der Waals surface area contributed by atoms with Crippen LogP contribution in [-0.4, -0.2) is 63.4 Å². The summed E-state index contributed by atoms with van der Waals surface area (Å²) in [7, 11) is 0. The lowest BCUT2D eigenvalue weighted by Crippen LogP contribution is -2.55. The van der Waals surface area contributed by atoms with Crippen LogP contribution in [-0.2, 0) is 22.3 Å². The Hall–Kier alpha value is -3.56. The number of carbonyl (C=O) groups excluding carboxylic acids is 2. The van der Waals surface area contributed by atoms with Crippen LogP contribution in [0.1, 0.15) is 49.4 Å². The molecule has 12 heteroatoms. The molecule has 3 aliphatic rings. The Labute approximate surface area is 229 Å². The maximum atomic E-state index is 13.6. The van der Waals surface area contributed by atoms with Crippen molar-refractivity contribution in [1.29, 1.82) is 5.26 Å². The lowest BCUT2D eigenvalue weighted by atomic mass is 9.75. The highest BCUT2D eigenvalue weighted by atomic mass is 32.1. The summed E-state index contributed by atoms with van der Waals surface area (Å²) in [5, 5.41) is 9.17. The van der Waals surface area contributed by atoms with E-state index in [0.29, 0.717) is 44.6 Å². The molecule has 8 nitrogen and oxygen atoms in total. The Morgan fingerprint density at radius 1 is 1.13 bits per heavy atom. The van der Waals surface area contributed by atoms with Crippen LogP contribution in [0.15, 0.2) is 36.5 Å². The van der Waals surface area contributed by atoms with Gasteiger partial charge in [-0.25, -0.2) is 4.98 Å². The number of anilines is 2. The van der Waals surface area contributed by atoms with E-state index in [1.54, 1.807) is 4.90 Å². The molecule has 2 amide bonds. The molecule has 1 spiro atoms. The number of halogens is 3. The van der Waals surface area contributed by atoms with E-state index < -0.39 is 23.0 Å². The first-order valence-corrected chi connectivity index (χ1v) is 13.2. The highest BCUT2D eigenvalue weighted by Crippen LogP contribution is 2.48. The SMILES string of the molecule is CCC(=O)N1CCN(Cc2ccc(N3C(=S)N(c4cnc(C#N)c(C(F)(F)F)c4)C(=O)C34CCC4)cc2)CC1. The number of alkyl halides is 3. The van der Waals surface area contributed by atoms with Crippen LogP contribution in [0.2, 0.25) is 0 Å². The predicted molar refractivity (Wildman–Crippen MR) is 142 cm³/mol. The van der Waals surface area contributed by atoms with Crippen molar-refractivity contribution in [2.75, 3.05) is 36.0 Å². The first kappa shape index (κ1) is 27.0. The van der Waals surface area contributed by atoms with Crippen LogP contribution < -0.4 is 9.80 Å². The zero-order chi connectivity index (χ0) is 27.9. The first-order valence-electron chi connectivity index (χ1n) is 12.8. The molecule has 3 fully saturated rings. The molecule has 1 aromatic carbocycles. The fraction of sp³-hybridized carbons (Fsp3) is 0.444. The van der Waals surface area contributed by atoms with Gasteiger partial charge in [0.1, 0.15) is 11.6 Å². The monoisotopic (exact) mass is 556 g/mol. The van der Waals surface area contributed by atoms with E-state index in [4.69, 9.17) is 17.5 Å². The number of amides is 2. The van der Waals surface area contributed by atoms with E-state index in [0.717, 1.165) is 42.2 Å². The highest BCUT2D eigenvalue weighted by molar-refractivity contribution is 7.81. The summed E-state index contributed by atoms with van der Waals surface area (Å²) >= 11 is 5.67. The average Bonchev–Trinajstić information content (AvgIpc) is 3.14. The number of benzene rings is 1. The molecular weight excluding hydrogens is 529 g/mol. The summed E-state index contributed by atoms with van der Waals surface area (Å²) in [5.41, 5.74) is -1.27. The molecule has 0 radical (unpaired) electrons. The summed E-state index contributed by atoms with van der Waals surface area (Å²) in [5.74, 6) is -0.220. The normalized spacial score (nSPS) is 19.4. The number of nitrogens with zero attached hydrogens (tertiary/aromatic N) is 6. The molecule has 39 heavy (non-hydrogen) atoms. The van der Waals surface area contributed by atoms with E-state index >= 15 is 0 Å². The maximum absolute atomic E-state index is 13.6. The number of rotatable bonds is 5. The van der Waals surface area contributed by atoms with Gasteiger partial charge in [0.2, 0.25) is 5.91 Å². The van der Waals surface area contributed by atoms with Gasteiger partial charge in [-0.3, -0.25) is 19.4 Å². The van der Waals surface area contributed by atoms with Gasteiger partial charge in [-0.05, 0) is 55.2 Å². The molecule has 1 aliphatic carbocycles. The van der Waals surface area contributed by atoms with Crippen LogP contribution in [0.5, 0.6) is 0 Å². The van der Waals surface area contributed by atoms with E-state index in [1.165, 1.54) is 6.07 Å². The smallest absolute Gasteiger partial charge is 0.340 e. The number of piperazine rings is 1. The molecule has 0 bridgehead atoms. The molecule has 0 N–H and O–H groups in total. The average molecular weight is 557 g/mol. The van der Waals surface area contributed by atoms with Crippen molar-refractivity contribution in [2.45, 2.75) is 50.9 Å². The van der Waals surface area contributed by atoms with Gasteiger partial charge in [0, 0.05) is 44.8 Å². The van der Waals surface area contributed by atoms with Crippen LogP contribution in [0, 0.1) is 11.3 Å². The number of nitriles is 1. The Morgan fingerprint density at radius 2 is 1.79 bits per heavy atom. The Bertz CT molecular complexity index is 1340. The summed E-state index contributed by atoms with van der Waals surface area (Å²) < 4.78 is 40.8. The van der Waals surface area contributed by atoms with Crippen molar-refractivity contribution in [3.05, 3.63) is 53.3 Å². The van der Waals surface area contributed by atoms with Crippen molar-refractivity contribution in [1.82, 2.24) is 14.8 Å². The molecule has 0 atom stereocenters. The minimum Gasteiger partial charge on any atom is -0.340 e. The molecule has 0 unspecified atom stereocenters. The molecule has 2 aliphatic heterocycles. The molecule has 2 saturated heterocycles. The van der Waals surface area contributed by atoms with Crippen molar-refractivity contribution in [2.24, 2.45) is 0 Å². The number of aromatic nitrogens is 1. The van der Waals surface area contributed by atoms with Crippen LogP contribution in [0.25, 0.3) is 0 Å². The molecule has 1 saturated carbocycles. The Kier molecular flexibility index (Phi) is 7.07. The summed E-state index contributed by atoms with van der Waals surface area (Å²) in [6.45, 7) is 5.56. The fourth-order valence-corrected chi connectivity index (χ4v) is 5.95. The molecule has 1 aromatic heterocycles. The minimum atomic E-state index is -4.81. The molecule has 204 valence electrons. The van der Waals surface area contributed by atoms with E-state index in [-0.39, 0.29) is 22.6 Å². The standard InChI is InChI=1S/C27H27F3N6O2S/c1-2-23(37)34-12-10-33(11-13-34)17-18-4-6-19(7-5-18)36-25(39)35(24(38)26(36)8-3-9-26)20-14-21(27(28,29)30)22(15-31)32-16-20/h4-7,14,16H,2-3,8-13,17H2,1H3. The molecule has 3 heterocycles. The lowest BCUT2D eigenvalue weighted by molar-refractivity contribution is -0.138. The topological polar surface area (TPSA) is 83.8 Å². The largest absolute Gasteiger partial charge is 0.419 e. The van der Waals surface area contributed by atoms with Gasteiger partial charge >= 0.3 is 6.18 Å². The second kappa shape index (κ2) is 10.2. The summed E-state index contributed by atoms with van der Waals surface area (Å²) in [6, 6.07) is 9.92. The van der Waals surface area contributed by atoms with Gasteiger partial charge in [0.15, 0.2) is 10.8 Å². The van der Waals surface area contributed by atoms with E-state index in [1.807, 2.05) is 36.1 Å². The summed E-state index contributed by atoms with van der Waals surface area (Å²) in [6.07, 6.45) is -1.36. The van der Waals surface area contributed by atoms with Gasteiger partial charge in [-0.2, -0.15) is 18.4 Å². The fourth-order valence-electron chi connectivity index (χ4n) is 5.48. The quantitative estimate of drug-likeness (QED) is 0.513. The van der Waals surface area contributed by atoms with Gasteiger partial charge in [0.25, 0.3) is 5.91 Å². The number of hydrogen-bond acceptors (Lipinski definition) is 6. The molecule has 2 aromatic rings. The summed E-state index contributed by atoms with van der Waals surface area (Å²) in [4.78, 5) is 36.3. The van der Waals surface area contributed by atoms with Gasteiger partial charge in [-0.15, -0.1) is 0 Å². The maximum Gasteiger partial charge on any atom is 0.419 e. The van der Waals surface area contributed by atoms with Crippen molar-refractivity contribution < 1.29 is 22.8 Å². The van der Waals surface area contributed by atoms with Crippen molar-refractivity contribution in [3.8, 4) is 6.07 Å². The Morgan fingerprint density at radius 3 is 2.33 bits per heavy atom. The zero-order valence-corrected chi connectivity index (χ0v) is 22.2. The number of thiocarbonyl (C=S) groups is 1. The first-order chi connectivity index (χ1) is 18.6. The van der Waals surface area contributed by atoms with Crippen LogP contribution >= 0.6 is 12.2 Å².